The molecule has 0 saturated carbocycles. The fourth-order valence-corrected chi connectivity index (χ4v) is 1.90. The molecule has 2 rings (SSSR count). The molecule has 7 nitrogen and oxygen atoms in total. The van der Waals surface area contributed by atoms with Crippen LogP contribution in [0.5, 0.6) is 0 Å². The number of aryl methyl sites for hydroxylation is 2. The number of aliphatic imine (C=N–C) groups is 2. The lowest BCUT2D eigenvalue weighted by atomic mass is 10.2. The van der Waals surface area contributed by atoms with Crippen LogP contribution in [0.2, 0.25) is 0 Å². The zero-order valence-corrected chi connectivity index (χ0v) is 11.7. The quantitative estimate of drug-likeness (QED) is 0.560. The monoisotopic (exact) mass is 289 g/mol. The van der Waals surface area contributed by atoms with Gasteiger partial charge in [0.15, 0.2) is 11.8 Å². The standard InChI is InChI=1S/C13H16FN7/c1-7-5-8(2)21(20-7)11-4-3-9(6-10(11)14)18-13(17)19-12(15)16/h3-6H,1-2H3,(H6,15,16,17,18,19). The average Bonchev–Trinajstić information content (AvgIpc) is 2.67. The summed E-state index contributed by atoms with van der Waals surface area (Å²) in [6.07, 6.45) is 0. The number of guanidine groups is 2. The molecular weight excluding hydrogens is 273 g/mol. The minimum Gasteiger partial charge on any atom is -0.370 e. The summed E-state index contributed by atoms with van der Waals surface area (Å²) in [6.45, 7) is 3.69. The smallest absolute Gasteiger partial charge is 0.223 e. The molecule has 0 aliphatic carbocycles. The largest absolute Gasteiger partial charge is 0.370 e. The van der Waals surface area contributed by atoms with E-state index in [1.54, 1.807) is 12.1 Å². The van der Waals surface area contributed by atoms with Crippen LogP contribution in [-0.2, 0) is 0 Å². The number of benzene rings is 1. The van der Waals surface area contributed by atoms with Crippen LogP contribution in [0.15, 0.2) is 34.3 Å². The van der Waals surface area contributed by atoms with Gasteiger partial charge in [-0.25, -0.2) is 14.1 Å². The fourth-order valence-electron chi connectivity index (χ4n) is 1.90. The summed E-state index contributed by atoms with van der Waals surface area (Å²) in [6, 6.07) is 6.27. The number of aromatic nitrogens is 2. The van der Waals surface area contributed by atoms with E-state index in [4.69, 9.17) is 17.2 Å². The number of nitrogens with two attached hydrogens (primary N) is 3. The second-order valence-electron chi connectivity index (χ2n) is 4.48. The highest BCUT2D eigenvalue weighted by atomic mass is 19.1. The van der Waals surface area contributed by atoms with E-state index >= 15 is 0 Å². The van der Waals surface area contributed by atoms with E-state index in [9.17, 15) is 4.39 Å². The summed E-state index contributed by atoms with van der Waals surface area (Å²) >= 11 is 0. The Morgan fingerprint density at radius 2 is 1.90 bits per heavy atom. The van der Waals surface area contributed by atoms with Gasteiger partial charge in [0.1, 0.15) is 5.69 Å². The van der Waals surface area contributed by atoms with Gasteiger partial charge in [0.25, 0.3) is 0 Å². The molecule has 1 heterocycles. The van der Waals surface area contributed by atoms with Crippen LogP contribution in [0.3, 0.4) is 0 Å². The van der Waals surface area contributed by atoms with Crippen LogP contribution in [0.1, 0.15) is 11.4 Å². The molecule has 0 bridgehead atoms. The van der Waals surface area contributed by atoms with Gasteiger partial charge in [-0.15, -0.1) is 0 Å². The van der Waals surface area contributed by atoms with Crippen molar-refractivity contribution >= 4 is 17.6 Å². The average molecular weight is 289 g/mol. The molecule has 0 aliphatic rings. The first kappa shape index (κ1) is 14.5. The van der Waals surface area contributed by atoms with Crippen molar-refractivity contribution in [2.45, 2.75) is 13.8 Å². The second kappa shape index (κ2) is 5.61. The number of halogens is 1. The lowest BCUT2D eigenvalue weighted by Gasteiger charge is -2.06. The molecule has 8 heteroatoms. The van der Waals surface area contributed by atoms with Gasteiger partial charge in [-0.1, -0.05) is 0 Å². The normalized spacial score (nSPS) is 11.5. The molecule has 0 aliphatic heterocycles. The lowest BCUT2D eigenvalue weighted by molar-refractivity contribution is 0.608. The van der Waals surface area contributed by atoms with Crippen LogP contribution in [0.25, 0.3) is 5.69 Å². The van der Waals surface area contributed by atoms with Gasteiger partial charge in [-0.2, -0.15) is 10.1 Å². The highest BCUT2D eigenvalue weighted by molar-refractivity contribution is 5.93. The van der Waals surface area contributed by atoms with Crippen LogP contribution >= 0.6 is 0 Å². The molecule has 0 spiro atoms. The Morgan fingerprint density at radius 1 is 1.19 bits per heavy atom. The Morgan fingerprint density at radius 3 is 2.43 bits per heavy atom. The van der Waals surface area contributed by atoms with Crippen molar-refractivity contribution in [1.29, 1.82) is 0 Å². The minimum absolute atomic E-state index is 0.145. The van der Waals surface area contributed by atoms with E-state index in [2.05, 4.69) is 15.1 Å². The van der Waals surface area contributed by atoms with E-state index in [0.717, 1.165) is 11.4 Å². The molecule has 0 unspecified atom stereocenters. The summed E-state index contributed by atoms with van der Waals surface area (Å²) < 4.78 is 15.7. The van der Waals surface area contributed by atoms with Gasteiger partial charge < -0.3 is 17.2 Å². The van der Waals surface area contributed by atoms with E-state index in [0.29, 0.717) is 11.4 Å². The van der Waals surface area contributed by atoms with Gasteiger partial charge in [-0.3, -0.25) is 0 Å². The highest BCUT2D eigenvalue weighted by Gasteiger charge is 2.09. The summed E-state index contributed by atoms with van der Waals surface area (Å²) in [5.41, 5.74) is 18.1. The zero-order valence-electron chi connectivity index (χ0n) is 11.7. The van der Waals surface area contributed by atoms with Gasteiger partial charge in [0, 0.05) is 11.8 Å². The maximum atomic E-state index is 14.2. The van der Waals surface area contributed by atoms with Crippen molar-refractivity contribution in [3.05, 3.63) is 41.5 Å². The fraction of sp³-hybridized carbons (Fsp3) is 0.154. The third-order valence-corrected chi connectivity index (χ3v) is 2.66. The predicted octanol–water partition coefficient (Wildman–Crippen LogP) is 0.848. The summed E-state index contributed by atoms with van der Waals surface area (Å²) in [7, 11) is 0. The number of hydrogen-bond donors (Lipinski definition) is 3. The molecule has 2 aromatic rings. The number of nitrogens with zero attached hydrogens (tertiary/aromatic N) is 4. The molecule has 0 atom stereocenters. The summed E-state index contributed by atoms with van der Waals surface area (Å²) in [4.78, 5) is 7.46. The van der Waals surface area contributed by atoms with Crippen molar-refractivity contribution in [3.63, 3.8) is 0 Å². The minimum atomic E-state index is -0.472. The molecular formula is C13H16FN7. The van der Waals surface area contributed by atoms with Gasteiger partial charge >= 0.3 is 0 Å². The summed E-state index contributed by atoms with van der Waals surface area (Å²) in [5, 5.41) is 4.23. The molecule has 21 heavy (non-hydrogen) atoms. The van der Waals surface area contributed by atoms with Crippen LogP contribution < -0.4 is 17.2 Å². The highest BCUT2D eigenvalue weighted by Crippen LogP contribution is 2.21. The van der Waals surface area contributed by atoms with Crippen molar-refractivity contribution < 1.29 is 4.39 Å². The Hall–Kier alpha value is -2.90. The zero-order chi connectivity index (χ0) is 15.6. The molecule has 1 aromatic heterocycles. The van der Waals surface area contributed by atoms with Gasteiger partial charge in [0.2, 0.25) is 5.96 Å². The van der Waals surface area contributed by atoms with Gasteiger partial charge in [0.05, 0.1) is 11.4 Å². The van der Waals surface area contributed by atoms with Crippen LogP contribution in [-0.4, -0.2) is 21.7 Å². The lowest BCUT2D eigenvalue weighted by Crippen LogP contribution is -2.26. The Bertz CT molecular complexity index is 726. The molecule has 0 saturated heterocycles. The predicted molar refractivity (Wildman–Crippen MR) is 80.1 cm³/mol. The third-order valence-electron chi connectivity index (χ3n) is 2.66. The topological polar surface area (TPSA) is 121 Å². The first-order chi connectivity index (χ1) is 9.86. The Kier molecular flexibility index (Phi) is 3.88. The number of rotatable bonds is 2. The van der Waals surface area contributed by atoms with Crippen LogP contribution in [0.4, 0.5) is 10.1 Å². The van der Waals surface area contributed by atoms with E-state index < -0.39 is 5.82 Å². The molecule has 1 aromatic carbocycles. The first-order valence-electron chi connectivity index (χ1n) is 6.14. The van der Waals surface area contributed by atoms with Crippen LogP contribution in [0, 0.1) is 19.7 Å². The summed E-state index contributed by atoms with van der Waals surface area (Å²) in [5.74, 6) is -0.829. The Labute approximate surface area is 121 Å². The molecule has 0 amide bonds. The number of hydrogen-bond acceptors (Lipinski definition) is 2. The maximum Gasteiger partial charge on any atom is 0.223 e. The molecule has 0 fully saturated rings. The first-order valence-corrected chi connectivity index (χ1v) is 6.14. The molecule has 110 valence electrons. The Balaban J connectivity index is 2.39. The SMILES string of the molecule is Cc1cc(C)n(-c2ccc(N=C(N)N=C(N)N)cc2F)n1. The maximum absolute atomic E-state index is 14.2. The van der Waals surface area contributed by atoms with Crippen molar-refractivity contribution in [1.82, 2.24) is 9.78 Å². The van der Waals surface area contributed by atoms with Crippen molar-refractivity contribution in [2.24, 2.45) is 27.2 Å². The van der Waals surface area contributed by atoms with E-state index in [-0.39, 0.29) is 11.9 Å². The van der Waals surface area contributed by atoms with Gasteiger partial charge in [-0.05, 0) is 32.0 Å². The molecule has 0 radical (unpaired) electrons. The molecule has 6 N–H and O–H groups in total. The third kappa shape index (κ3) is 3.35. The second-order valence-corrected chi connectivity index (χ2v) is 4.48. The van der Waals surface area contributed by atoms with Crippen molar-refractivity contribution in [3.8, 4) is 5.69 Å². The van der Waals surface area contributed by atoms with E-state index in [1.165, 1.54) is 10.7 Å². The van der Waals surface area contributed by atoms with E-state index in [1.807, 2.05) is 19.9 Å². The van der Waals surface area contributed by atoms with Crippen molar-refractivity contribution in [2.75, 3.05) is 0 Å².